The number of halogens is 2. The van der Waals surface area contributed by atoms with Gasteiger partial charge in [-0.25, -0.2) is 4.79 Å². The maximum Gasteiger partial charge on any atom is 0.331 e. The van der Waals surface area contributed by atoms with Crippen molar-refractivity contribution in [2.24, 2.45) is 0 Å². The first-order valence-electron chi connectivity index (χ1n) is 6.18. The van der Waals surface area contributed by atoms with Gasteiger partial charge in [0.05, 0.1) is 15.7 Å². The van der Waals surface area contributed by atoms with E-state index in [0.717, 1.165) is 4.88 Å². The predicted octanol–water partition coefficient (Wildman–Crippen LogP) is 4.25. The van der Waals surface area contributed by atoms with Crippen LogP contribution in [0.4, 0.5) is 5.69 Å². The van der Waals surface area contributed by atoms with Gasteiger partial charge in [-0.1, -0.05) is 35.3 Å². The molecule has 2 rings (SSSR count). The number of nitrogens with one attached hydrogen (secondary N) is 1. The van der Waals surface area contributed by atoms with Crippen LogP contribution in [-0.4, -0.2) is 18.5 Å². The molecule has 0 unspecified atom stereocenters. The van der Waals surface area contributed by atoms with Crippen LogP contribution in [-0.2, 0) is 14.3 Å². The van der Waals surface area contributed by atoms with Gasteiger partial charge < -0.3 is 10.1 Å². The van der Waals surface area contributed by atoms with E-state index in [1.165, 1.54) is 17.4 Å². The lowest BCUT2D eigenvalue weighted by Crippen LogP contribution is -2.20. The minimum atomic E-state index is -0.603. The number of hydrogen-bond acceptors (Lipinski definition) is 4. The number of esters is 1. The molecular formula is C15H11Cl2NO3S. The lowest BCUT2D eigenvalue weighted by atomic mass is 10.3. The van der Waals surface area contributed by atoms with E-state index < -0.39 is 18.5 Å². The van der Waals surface area contributed by atoms with E-state index in [1.54, 1.807) is 24.3 Å². The molecule has 0 spiro atoms. The number of rotatable bonds is 5. The molecule has 1 aromatic carbocycles. The van der Waals surface area contributed by atoms with Crippen molar-refractivity contribution < 1.29 is 14.3 Å². The van der Waals surface area contributed by atoms with Gasteiger partial charge in [-0.3, -0.25) is 4.79 Å². The van der Waals surface area contributed by atoms with Gasteiger partial charge >= 0.3 is 5.97 Å². The van der Waals surface area contributed by atoms with E-state index in [2.05, 4.69) is 5.32 Å². The average molecular weight is 356 g/mol. The number of carbonyl (C=O) groups is 2. The molecule has 0 saturated heterocycles. The van der Waals surface area contributed by atoms with Crippen molar-refractivity contribution in [2.75, 3.05) is 11.9 Å². The maximum absolute atomic E-state index is 11.7. The molecule has 1 amide bonds. The summed E-state index contributed by atoms with van der Waals surface area (Å²) in [6.07, 6.45) is 2.89. The van der Waals surface area contributed by atoms with Crippen LogP contribution in [0, 0.1) is 0 Å². The number of para-hydroxylation sites is 1. The van der Waals surface area contributed by atoms with Crippen LogP contribution in [0.15, 0.2) is 41.8 Å². The summed E-state index contributed by atoms with van der Waals surface area (Å²) in [5.74, 6) is -1.12. The third-order valence-electron chi connectivity index (χ3n) is 2.50. The molecule has 0 atom stereocenters. The van der Waals surface area contributed by atoms with Crippen LogP contribution in [0.1, 0.15) is 4.88 Å². The Hall–Kier alpha value is -1.82. The molecule has 0 aliphatic rings. The van der Waals surface area contributed by atoms with Crippen LogP contribution >= 0.6 is 34.5 Å². The Morgan fingerprint density at radius 1 is 1.18 bits per heavy atom. The first-order valence-corrected chi connectivity index (χ1v) is 7.82. The van der Waals surface area contributed by atoms with E-state index in [4.69, 9.17) is 27.9 Å². The Balaban J connectivity index is 1.84. The van der Waals surface area contributed by atoms with E-state index in [1.807, 2.05) is 17.5 Å². The second-order valence-electron chi connectivity index (χ2n) is 4.10. The van der Waals surface area contributed by atoms with Crippen molar-refractivity contribution in [1.82, 2.24) is 0 Å². The normalized spacial score (nSPS) is 10.6. The smallest absolute Gasteiger partial charge is 0.331 e. The van der Waals surface area contributed by atoms with Crippen LogP contribution < -0.4 is 5.32 Å². The molecule has 0 fully saturated rings. The van der Waals surface area contributed by atoms with Gasteiger partial charge in [0.25, 0.3) is 5.91 Å². The van der Waals surface area contributed by atoms with Gasteiger partial charge in [-0.15, -0.1) is 11.3 Å². The molecule has 0 saturated carbocycles. The minimum Gasteiger partial charge on any atom is -0.452 e. The highest BCUT2D eigenvalue weighted by atomic mass is 35.5. The molecule has 2 aromatic rings. The number of ether oxygens (including phenoxy) is 1. The summed E-state index contributed by atoms with van der Waals surface area (Å²) in [6, 6.07) is 8.59. The summed E-state index contributed by atoms with van der Waals surface area (Å²) < 4.78 is 4.83. The molecule has 4 nitrogen and oxygen atoms in total. The van der Waals surface area contributed by atoms with Crippen molar-refractivity contribution in [3.05, 3.63) is 56.7 Å². The summed E-state index contributed by atoms with van der Waals surface area (Å²) in [6.45, 7) is -0.421. The molecular weight excluding hydrogens is 345 g/mol. The molecule has 114 valence electrons. The summed E-state index contributed by atoms with van der Waals surface area (Å²) in [5, 5.41) is 5.02. The van der Waals surface area contributed by atoms with Crippen LogP contribution in [0.2, 0.25) is 10.0 Å². The van der Waals surface area contributed by atoms with Crippen LogP contribution in [0.3, 0.4) is 0 Å². The third-order valence-corrected chi connectivity index (χ3v) is 3.97. The molecule has 1 aromatic heterocycles. The summed E-state index contributed by atoms with van der Waals surface area (Å²) >= 11 is 13.3. The maximum atomic E-state index is 11.7. The molecule has 7 heteroatoms. The Morgan fingerprint density at radius 2 is 1.91 bits per heavy atom. The Kier molecular flexibility index (Phi) is 6.00. The quantitative estimate of drug-likeness (QED) is 0.644. The monoisotopic (exact) mass is 355 g/mol. The van der Waals surface area contributed by atoms with Crippen molar-refractivity contribution in [1.29, 1.82) is 0 Å². The molecule has 0 radical (unpaired) electrons. The standard InChI is InChI=1S/C15H11Cl2NO3S/c16-11-4-1-5-12(17)15(11)18-13(19)9-21-14(20)7-6-10-3-2-8-22-10/h1-8H,9H2,(H,18,19)/b7-6+. The van der Waals surface area contributed by atoms with Gasteiger partial charge in [0, 0.05) is 11.0 Å². The number of carbonyl (C=O) groups excluding carboxylic acids is 2. The fraction of sp³-hybridized carbons (Fsp3) is 0.0667. The Bertz CT molecular complexity index is 679. The van der Waals surface area contributed by atoms with Crippen LogP contribution in [0.5, 0.6) is 0 Å². The Morgan fingerprint density at radius 3 is 2.55 bits per heavy atom. The zero-order chi connectivity index (χ0) is 15.9. The predicted molar refractivity (Wildman–Crippen MR) is 89.4 cm³/mol. The number of anilines is 1. The highest BCUT2D eigenvalue weighted by molar-refractivity contribution is 7.10. The van der Waals surface area contributed by atoms with Crippen molar-refractivity contribution in [2.45, 2.75) is 0 Å². The van der Waals surface area contributed by atoms with E-state index in [9.17, 15) is 9.59 Å². The van der Waals surface area contributed by atoms with E-state index in [0.29, 0.717) is 15.7 Å². The fourth-order valence-corrected chi connectivity index (χ4v) is 2.62. The topological polar surface area (TPSA) is 55.4 Å². The lowest BCUT2D eigenvalue weighted by molar-refractivity contribution is -0.142. The van der Waals surface area contributed by atoms with Gasteiger partial charge in [0.1, 0.15) is 0 Å². The molecule has 0 bridgehead atoms. The highest BCUT2D eigenvalue weighted by Gasteiger charge is 2.10. The number of amides is 1. The molecule has 0 aliphatic carbocycles. The molecule has 1 N–H and O–H groups in total. The zero-order valence-corrected chi connectivity index (χ0v) is 13.5. The lowest BCUT2D eigenvalue weighted by Gasteiger charge is -2.08. The highest BCUT2D eigenvalue weighted by Crippen LogP contribution is 2.29. The average Bonchev–Trinajstić information content (AvgIpc) is 3.00. The SMILES string of the molecule is O=C(COC(=O)/C=C/c1cccs1)Nc1c(Cl)cccc1Cl. The summed E-state index contributed by atoms with van der Waals surface area (Å²) in [4.78, 5) is 24.1. The van der Waals surface area contributed by atoms with Crippen LogP contribution in [0.25, 0.3) is 6.08 Å². The van der Waals surface area contributed by atoms with E-state index in [-0.39, 0.29) is 0 Å². The van der Waals surface area contributed by atoms with Gasteiger partial charge in [0.15, 0.2) is 6.61 Å². The van der Waals surface area contributed by atoms with Gasteiger partial charge in [0.2, 0.25) is 0 Å². The van der Waals surface area contributed by atoms with E-state index >= 15 is 0 Å². The van der Waals surface area contributed by atoms with Crippen molar-refractivity contribution in [3.63, 3.8) is 0 Å². The second-order valence-corrected chi connectivity index (χ2v) is 5.89. The summed E-state index contributed by atoms with van der Waals surface area (Å²) in [5.41, 5.74) is 0.293. The molecule has 22 heavy (non-hydrogen) atoms. The fourth-order valence-electron chi connectivity index (χ4n) is 1.51. The van der Waals surface area contributed by atoms with Gasteiger partial charge in [-0.05, 0) is 29.7 Å². The summed E-state index contributed by atoms with van der Waals surface area (Å²) in [7, 11) is 0. The Labute approximate surface area is 141 Å². The molecule has 0 aliphatic heterocycles. The first-order chi connectivity index (χ1) is 10.6. The number of thiophene rings is 1. The van der Waals surface area contributed by atoms with Crippen molar-refractivity contribution >= 4 is 58.2 Å². The second kappa shape index (κ2) is 7.98. The van der Waals surface area contributed by atoms with Gasteiger partial charge in [-0.2, -0.15) is 0 Å². The van der Waals surface area contributed by atoms with Crippen molar-refractivity contribution in [3.8, 4) is 0 Å². The number of hydrogen-bond donors (Lipinski definition) is 1. The number of benzene rings is 1. The first kappa shape index (κ1) is 16.5. The zero-order valence-electron chi connectivity index (χ0n) is 11.2. The largest absolute Gasteiger partial charge is 0.452 e. The third kappa shape index (κ3) is 4.87. The minimum absolute atomic E-state index is 0.293. The molecule has 1 heterocycles.